The average Bonchev–Trinajstić information content (AvgIpc) is 2.71. The highest BCUT2D eigenvalue weighted by molar-refractivity contribution is 7.00. The lowest BCUT2D eigenvalue weighted by Gasteiger charge is -1.94. The highest BCUT2D eigenvalue weighted by Gasteiger charge is 2.07. The standard InChI is InChI=1S/C6H2N8S/c7-13-9-3-1-2-4(10-14-8)6-5(3)11-15-12-6/h1-2H. The van der Waals surface area contributed by atoms with Crippen molar-refractivity contribution in [1.29, 1.82) is 0 Å². The van der Waals surface area contributed by atoms with E-state index in [4.69, 9.17) is 11.1 Å². The summed E-state index contributed by atoms with van der Waals surface area (Å²) in [4.78, 5) is 5.34. The largest absolute Gasteiger partial charge is 0.172 e. The molecule has 0 aliphatic heterocycles. The SMILES string of the molecule is [N-]=[N+]=Nc1ccc(N=[N+]=[N-])c2nsnc12. The van der Waals surface area contributed by atoms with Gasteiger partial charge in [-0.05, 0) is 23.2 Å². The van der Waals surface area contributed by atoms with Crippen LogP contribution in [0.25, 0.3) is 31.9 Å². The van der Waals surface area contributed by atoms with Crippen molar-refractivity contribution < 1.29 is 0 Å². The van der Waals surface area contributed by atoms with Crippen molar-refractivity contribution in [2.45, 2.75) is 0 Å². The number of rotatable bonds is 2. The van der Waals surface area contributed by atoms with Gasteiger partial charge < -0.3 is 0 Å². The number of aromatic nitrogens is 2. The molecule has 0 spiro atoms. The van der Waals surface area contributed by atoms with Gasteiger partial charge in [-0.2, -0.15) is 8.75 Å². The van der Waals surface area contributed by atoms with Crippen LogP contribution in [0.4, 0.5) is 11.4 Å². The third-order valence-electron chi connectivity index (χ3n) is 1.68. The van der Waals surface area contributed by atoms with Crippen molar-refractivity contribution in [3.8, 4) is 0 Å². The van der Waals surface area contributed by atoms with E-state index in [1.54, 1.807) is 0 Å². The minimum Gasteiger partial charge on any atom is -0.172 e. The average molecular weight is 218 g/mol. The lowest BCUT2D eigenvalue weighted by molar-refractivity contribution is 1.44. The van der Waals surface area contributed by atoms with Gasteiger partial charge in [-0.1, -0.05) is 10.2 Å². The smallest absolute Gasteiger partial charge is 0.114 e. The van der Waals surface area contributed by atoms with Crippen molar-refractivity contribution in [1.82, 2.24) is 8.75 Å². The number of hydrogen-bond acceptors (Lipinski definition) is 5. The Morgan fingerprint density at radius 2 is 1.47 bits per heavy atom. The van der Waals surface area contributed by atoms with Gasteiger partial charge in [-0.15, -0.1) is 0 Å². The maximum absolute atomic E-state index is 8.32. The molecule has 0 fully saturated rings. The Labute approximate surface area is 86.7 Å². The van der Waals surface area contributed by atoms with E-state index in [1.807, 2.05) is 0 Å². The van der Waals surface area contributed by atoms with E-state index in [-0.39, 0.29) is 0 Å². The Hall–Kier alpha value is -2.34. The molecule has 2 rings (SSSR count). The minimum absolute atomic E-state index is 0.373. The third kappa shape index (κ3) is 1.53. The fraction of sp³-hybridized carbons (Fsp3) is 0. The van der Waals surface area contributed by atoms with Crippen molar-refractivity contribution in [2.24, 2.45) is 10.2 Å². The Bertz CT molecular complexity index is 551. The van der Waals surface area contributed by atoms with Crippen LogP contribution in [-0.4, -0.2) is 8.75 Å². The molecule has 1 heterocycles. The Morgan fingerprint density at radius 3 is 1.87 bits per heavy atom. The summed E-state index contributed by atoms with van der Waals surface area (Å²) < 4.78 is 7.93. The predicted molar refractivity (Wildman–Crippen MR) is 55.0 cm³/mol. The first-order valence-electron chi connectivity index (χ1n) is 3.72. The zero-order valence-electron chi connectivity index (χ0n) is 7.14. The monoisotopic (exact) mass is 218 g/mol. The van der Waals surface area contributed by atoms with Crippen LogP contribution in [0.15, 0.2) is 22.4 Å². The molecule has 0 amide bonds. The molecule has 72 valence electrons. The fourth-order valence-electron chi connectivity index (χ4n) is 1.10. The summed E-state index contributed by atoms with van der Waals surface area (Å²) in [5, 5.41) is 6.92. The van der Waals surface area contributed by atoms with Crippen LogP contribution in [0, 0.1) is 0 Å². The summed E-state index contributed by atoms with van der Waals surface area (Å²) in [6.45, 7) is 0. The summed E-state index contributed by atoms with van der Waals surface area (Å²) in [6.07, 6.45) is 0. The van der Waals surface area contributed by atoms with E-state index < -0.39 is 0 Å². The maximum atomic E-state index is 8.32. The van der Waals surface area contributed by atoms with Gasteiger partial charge in [-0.25, -0.2) is 0 Å². The van der Waals surface area contributed by atoms with Crippen LogP contribution < -0.4 is 0 Å². The zero-order chi connectivity index (χ0) is 10.7. The van der Waals surface area contributed by atoms with E-state index in [0.717, 1.165) is 11.7 Å². The molecule has 2 aromatic rings. The van der Waals surface area contributed by atoms with Crippen LogP contribution in [-0.2, 0) is 0 Å². The van der Waals surface area contributed by atoms with Gasteiger partial charge in [0.1, 0.15) is 11.0 Å². The lowest BCUT2D eigenvalue weighted by atomic mass is 10.2. The van der Waals surface area contributed by atoms with Gasteiger partial charge in [0.25, 0.3) is 0 Å². The molecule has 0 bridgehead atoms. The normalized spacial score (nSPS) is 9.33. The molecule has 15 heavy (non-hydrogen) atoms. The van der Waals surface area contributed by atoms with Gasteiger partial charge in [0.15, 0.2) is 0 Å². The van der Waals surface area contributed by atoms with Crippen molar-refractivity contribution in [3.05, 3.63) is 33.0 Å². The summed E-state index contributed by atoms with van der Waals surface area (Å²) in [5.41, 5.74) is 18.3. The van der Waals surface area contributed by atoms with Crippen molar-refractivity contribution in [3.63, 3.8) is 0 Å². The molecule has 0 atom stereocenters. The molecule has 0 unspecified atom stereocenters. The maximum Gasteiger partial charge on any atom is 0.114 e. The number of benzene rings is 1. The molecule has 1 aromatic heterocycles. The third-order valence-corrected chi connectivity index (χ3v) is 2.21. The van der Waals surface area contributed by atoms with Gasteiger partial charge in [0.2, 0.25) is 0 Å². The van der Waals surface area contributed by atoms with E-state index in [9.17, 15) is 0 Å². The van der Waals surface area contributed by atoms with Crippen LogP contribution in [0.5, 0.6) is 0 Å². The molecule has 9 heteroatoms. The molecule has 0 N–H and O–H groups in total. The molecule has 0 saturated heterocycles. The van der Waals surface area contributed by atoms with Gasteiger partial charge in [0, 0.05) is 9.82 Å². The van der Waals surface area contributed by atoms with E-state index in [1.165, 1.54) is 12.1 Å². The number of fused-ring (bicyclic) bond motifs is 1. The summed E-state index contributed by atoms with van der Waals surface area (Å²) in [6, 6.07) is 3.07. The van der Waals surface area contributed by atoms with Crippen LogP contribution in [0.3, 0.4) is 0 Å². The van der Waals surface area contributed by atoms with E-state index in [0.29, 0.717) is 22.4 Å². The molecule has 0 radical (unpaired) electrons. The Kier molecular flexibility index (Phi) is 2.34. The molecule has 1 aromatic carbocycles. The molecular formula is C6H2N8S. The molecule has 0 saturated carbocycles. The first kappa shape index (κ1) is 9.22. The van der Waals surface area contributed by atoms with Gasteiger partial charge in [-0.3, -0.25) is 0 Å². The summed E-state index contributed by atoms with van der Waals surface area (Å²) in [7, 11) is 0. The first-order chi connectivity index (χ1) is 7.36. The lowest BCUT2D eigenvalue weighted by Crippen LogP contribution is -1.72. The topological polar surface area (TPSA) is 123 Å². The number of nitrogens with zero attached hydrogens (tertiary/aromatic N) is 8. The van der Waals surface area contributed by atoms with Crippen LogP contribution in [0.1, 0.15) is 0 Å². The quantitative estimate of drug-likeness (QED) is 0.434. The Morgan fingerprint density at radius 1 is 1.00 bits per heavy atom. The van der Waals surface area contributed by atoms with Crippen LogP contribution in [0.2, 0.25) is 0 Å². The Balaban J connectivity index is 2.81. The number of hydrogen-bond donors (Lipinski definition) is 0. The molecular weight excluding hydrogens is 216 g/mol. The molecule has 0 aliphatic carbocycles. The second-order valence-electron chi connectivity index (χ2n) is 2.44. The highest BCUT2D eigenvalue weighted by atomic mass is 32.1. The van der Waals surface area contributed by atoms with Crippen molar-refractivity contribution >= 4 is 34.1 Å². The van der Waals surface area contributed by atoms with Gasteiger partial charge >= 0.3 is 0 Å². The van der Waals surface area contributed by atoms with E-state index in [2.05, 4.69) is 28.8 Å². The second-order valence-corrected chi connectivity index (χ2v) is 2.97. The zero-order valence-corrected chi connectivity index (χ0v) is 7.96. The summed E-state index contributed by atoms with van der Waals surface area (Å²) >= 11 is 0.966. The summed E-state index contributed by atoms with van der Waals surface area (Å²) in [5.74, 6) is 0. The molecule has 0 aliphatic rings. The molecule has 8 nitrogen and oxygen atoms in total. The van der Waals surface area contributed by atoms with Crippen molar-refractivity contribution in [2.75, 3.05) is 0 Å². The highest BCUT2D eigenvalue weighted by Crippen LogP contribution is 2.31. The van der Waals surface area contributed by atoms with Crippen LogP contribution >= 0.6 is 11.7 Å². The van der Waals surface area contributed by atoms with Gasteiger partial charge in [0.05, 0.1) is 23.1 Å². The first-order valence-corrected chi connectivity index (χ1v) is 4.45. The fourth-order valence-corrected chi connectivity index (χ4v) is 1.66. The second kappa shape index (κ2) is 3.81. The number of azide groups is 2. The predicted octanol–water partition coefficient (Wildman–Crippen LogP) is 3.57. The minimum atomic E-state index is 0.373. The van der Waals surface area contributed by atoms with E-state index >= 15 is 0 Å².